The largest absolute Gasteiger partial charge is 0.427 e. The van der Waals surface area contributed by atoms with Crippen molar-refractivity contribution < 1.29 is 18.0 Å². The molecule has 0 saturated carbocycles. The number of carbonyl (C=O) groups excluding carboxylic acids is 1. The van der Waals surface area contributed by atoms with Crippen molar-refractivity contribution in [3.05, 3.63) is 69.3 Å². The summed E-state index contributed by atoms with van der Waals surface area (Å²) in [5.74, 6) is -2.72. The Morgan fingerprint density at radius 1 is 1.15 bits per heavy atom. The van der Waals surface area contributed by atoms with Crippen molar-refractivity contribution in [1.82, 2.24) is 4.90 Å². The van der Waals surface area contributed by atoms with Crippen molar-refractivity contribution in [2.24, 2.45) is 0 Å². The van der Waals surface area contributed by atoms with Crippen LogP contribution in [0.3, 0.4) is 0 Å². The van der Waals surface area contributed by atoms with E-state index in [9.17, 15) is 18.4 Å². The van der Waals surface area contributed by atoms with Crippen LogP contribution in [0.4, 0.5) is 8.78 Å². The molecule has 1 fully saturated rings. The van der Waals surface area contributed by atoms with Gasteiger partial charge in [0.15, 0.2) is 0 Å². The quantitative estimate of drug-likeness (QED) is 0.794. The Bertz CT molecular complexity index is 851. The number of hydrogen-bond donors (Lipinski definition) is 0. The first-order valence-corrected chi connectivity index (χ1v) is 9.20. The highest BCUT2D eigenvalue weighted by molar-refractivity contribution is 5.95. The molecule has 1 aromatic heterocycles. The molecule has 1 aromatic carbocycles. The normalized spacial score (nSPS) is 16.3. The van der Waals surface area contributed by atoms with Gasteiger partial charge in [-0.05, 0) is 37.0 Å². The lowest BCUT2D eigenvalue weighted by Gasteiger charge is -2.31. The molecule has 0 atom stereocenters. The van der Waals surface area contributed by atoms with Crippen LogP contribution >= 0.6 is 0 Å². The number of alkyl halides is 2. The highest BCUT2D eigenvalue weighted by atomic mass is 19.3. The lowest BCUT2D eigenvalue weighted by molar-refractivity contribution is -0.0494. The van der Waals surface area contributed by atoms with Crippen LogP contribution in [-0.4, -0.2) is 29.8 Å². The van der Waals surface area contributed by atoms with Gasteiger partial charge in [-0.3, -0.25) is 4.79 Å². The van der Waals surface area contributed by atoms with Gasteiger partial charge in [-0.1, -0.05) is 30.3 Å². The first-order valence-electron chi connectivity index (χ1n) is 9.20. The van der Waals surface area contributed by atoms with Crippen molar-refractivity contribution in [2.45, 2.75) is 45.0 Å². The van der Waals surface area contributed by atoms with Gasteiger partial charge in [0.25, 0.3) is 11.8 Å². The predicted molar refractivity (Wildman–Crippen MR) is 98.3 cm³/mol. The van der Waals surface area contributed by atoms with Gasteiger partial charge < -0.3 is 9.32 Å². The molecule has 1 saturated heterocycles. The minimum absolute atomic E-state index is 0.0491. The monoisotopic (exact) mass is 375 g/mol. The van der Waals surface area contributed by atoms with Crippen molar-refractivity contribution in [2.75, 3.05) is 13.1 Å². The molecule has 0 N–H and O–H groups in total. The van der Waals surface area contributed by atoms with Crippen molar-refractivity contribution in [3.8, 4) is 0 Å². The van der Waals surface area contributed by atoms with Crippen LogP contribution in [0.1, 0.15) is 46.5 Å². The molecule has 0 spiro atoms. The van der Waals surface area contributed by atoms with Crippen molar-refractivity contribution >= 4 is 5.91 Å². The van der Waals surface area contributed by atoms with Crippen LogP contribution in [0.25, 0.3) is 0 Å². The molecule has 6 heteroatoms. The van der Waals surface area contributed by atoms with Gasteiger partial charge >= 0.3 is 5.63 Å². The molecule has 2 aromatic rings. The molecular weight excluding hydrogens is 352 g/mol. The molecule has 27 heavy (non-hydrogen) atoms. The van der Waals surface area contributed by atoms with E-state index >= 15 is 0 Å². The summed E-state index contributed by atoms with van der Waals surface area (Å²) in [6, 6.07) is 11.7. The average Bonchev–Trinajstić information content (AvgIpc) is 2.62. The number of rotatable bonds is 5. The number of carbonyl (C=O) groups is 1. The number of piperidine rings is 1. The smallest absolute Gasteiger partial charge is 0.349 e. The molecule has 2 heterocycles. The SMILES string of the molecule is Cc1cc(CCCc2ccccc2)oc(=O)c1C(=O)N1CCC(F)(F)CC1. The third-order valence-electron chi connectivity index (χ3n) is 4.93. The Hall–Kier alpha value is -2.50. The summed E-state index contributed by atoms with van der Waals surface area (Å²) >= 11 is 0. The number of halogens is 2. The Kier molecular flexibility index (Phi) is 5.73. The summed E-state index contributed by atoms with van der Waals surface area (Å²) in [5, 5.41) is 0. The van der Waals surface area contributed by atoms with Gasteiger partial charge in [-0.2, -0.15) is 0 Å². The summed E-state index contributed by atoms with van der Waals surface area (Å²) in [6.07, 6.45) is 1.53. The summed E-state index contributed by atoms with van der Waals surface area (Å²) in [7, 11) is 0. The second-order valence-electron chi connectivity index (χ2n) is 7.05. The predicted octanol–water partition coefficient (Wildman–Crippen LogP) is 3.99. The third-order valence-corrected chi connectivity index (χ3v) is 4.93. The van der Waals surface area contributed by atoms with Gasteiger partial charge in [0.05, 0.1) is 0 Å². The number of amides is 1. The van der Waals surface area contributed by atoms with Crippen LogP contribution in [-0.2, 0) is 12.8 Å². The number of benzene rings is 1. The maximum Gasteiger partial charge on any atom is 0.349 e. The van der Waals surface area contributed by atoms with Gasteiger partial charge in [0.1, 0.15) is 11.3 Å². The van der Waals surface area contributed by atoms with E-state index in [1.165, 1.54) is 10.5 Å². The lowest BCUT2D eigenvalue weighted by Crippen LogP contribution is -2.44. The summed E-state index contributed by atoms with van der Waals surface area (Å²) in [6.45, 7) is 1.58. The standard InChI is InChI=1S/C21H23F2NO3/c1-15-14-17(9-5-8-16-6-3-2-4-7-16)27-20(26)18(15)19(25)24-12-10-21(22,23)11-13-24/h2-4,6-7,14H,5,8-13H2,1H3. The molecule has 0 aliphatic carbocycles. The molecule has 1 aliphatic heterocycles. The molecule has 3 rings (SSSR count). The highest BCUT2D eigenvalue weighted by Crippen LogP contribution is 2.28. The van der Waals surface area contributed by atoms with Gasteiger partial charge in [0, 0.05) is 32.4 Å². The second kappa shape index (κ2) is 8.03. The van der Waals surface area contributed by atoms with E-state index in [2.05, 4.69) is 0 Å². The fourth-order valence-corrected chi connectivity index (χ4v) is 3.36. The summed E-state index contributed by atoms with van der Waals surface area (Å²) < 4.78 is 31.9. The van der Waals surface area contributed by atoms with E-state index in [1.54, 1.807) is 13.0 Å². The fraction of sp³-hybridized carbons (Fsp3) is 0.429. The zero-order valence-electron chi connectivity index (χ0n) is 15.3. The Morgan fingerprint density at radius 3 is 2.44 bits per heavy atom. The van der Waals surface area contributed by atoms with E-state index in [-0.39, 0.29) is 31.5 Å². The first kappa shape index (κ1) is 19.3. The van der Waals surface area contributed by atoms with Crippen LogP contribution in [0, 0.1) is 6.92 Å². The van der Waals surface area contributed by atoms with Crippen molar-refractivity contribution in [1.29, 1.82) is 0 Å². The van der Waals surface area contributed by atoms with Gasteiger partial charge in [0.2, 0.25) is 0 Å². The topological polar surface area (TPSA) is 50.5 Å². The van der Waals surface area contributed by atoms with E-state index in [0.717, 1.165) is 12.8 Å². The maximum absolute atomic E-state index is 13.3. The minimum Gasteiger partial charge on any atom is -0.427 e. The Morgan fingerprint density at radius 2 is 1.81 bits per heavy atom. The minimum atomic E-state index is -2.74. The molecule has 1 amide bonds. The molecule has 144 valence electrons. The molecule has 0 unspecified atom stereocenters. The molecule has 0 bridgehead atoms. The van der Waals surface area contributed by atoms with Crippen LogP contribution < -0.4 is 5.63 Å². The van der Waals surface area contributed by atoms with E-state index in [0.29, 0.717) is 17.7 Å². The maximum atomic E-state index is 13.3. The third kappa shape index (κ3) is 4.81. The number of hydrogen-bond acceptors (Lipinski definition) is 3. The Labute approximate surface area is 156 Å². The zero-order chi connectivity index (χ0) is 19.4. The van der Waals surface area contributed by atoms with Gasteiger partial charge in [-0.25, -0.2) is 13.6 Å². The summed E-state index contributed by atoms with van der Waals surface area (Å²) in [5.41, 5.74) is 1.01. The number of likely N-dealkylation sites (tertiary alicyclic amines) is 1. The van der Waals surface area contributed by atoms with Crippen LogP contribution in [0.2, 0.25) is 0 Å². The molecule has 1 aliphatic rings. The number of nitrogens with zero attached hydrogens (tertiary/aromatic N) is 1. The van der Waals surface area contributed by atoms with Crippen LogP contribution in [0.5, 0.6) is 0 Å². The second-order valence-corrected chi connectivity index (χ2v) is 7.05. The molecule has 0 radical (unpaired) electrons. The van der Waals surface area contributed by atoms with E-state index in [4.69, 9.17) is 4.42 Å². The zero-order valence-corrected chi connectivity index (χ0v) is 15.3. The molecule has 4 nitrogen and oxygen atoms in total. The number of aryl methyl sites for hydroxylation is 3. The lowest BCUT2D eigenvalue weighted by atomic mass is 10.0. The van der Waals surface area contributed by atoms with E-state index in [1.807, 2.05) is 30.3 Å². The summed E-state index contributed by atoms with van der Waals surface area (Å²) in [4.78, 5) is 26.2. The Balaban J connectivity index is 1.66. The first-order chi connectivity index (χ1) is 12.9. The van der Waals surface area contributed by atoms with Crippen molar-refractivity contribution in [3.63, 3.8) is 0 Å². The highest BCUT2D eigenvalue weighted by Gasteiger charge is 2.36. The molecular formula is C21H23F2NO3. The van der Waals surface area contributed by atoms with Gasteiger partial charge in [-0.15, -0.1) is 0 Å². The average molecular weight is 375 g/mol. The fourth-order valence-electron chi connectivity index (χ4n) is 3.36. The van der Waals surface area contributed by atoms with Crippen LogP contribution in [0.15, 0.2) is 45.6 Å². The van der Waals surface area contributed by atoms with E-state index < -0.39 is 17.5 Å².